The van der Waals surface area contributed by atoms with E-state index < -0.39 is 39.9 Å². The summed E-state index contributed by atoms with van der Waals surface area (Å²) >= 11 is 0. The summed E-state index contributed by atoms with van der Waals surface area (Å²) in [6.45, 7) is 3.55. The smallest absolute Gasteiger partial charge is 0.326 e. The Balaban J connectivity index is 2.99. The molecule has 1 amide bonds. The van der Waals surface area contributed by atoms with E-state index in [1.54, 1.807) is 13.8 Å². The first-order valence-corrected chi connectivity index (χ1v) is 6.20. The first-order valence-electron chi connectivity index (χ1n) is 6.20. The van der Waals surface area contributed by atoms with Gasteiger partial charge in [0, 0.05) is 12.1 Å². The molecule has 1 aromatic rings. The average molecular weight is 298 g/mol. The van der Waals surface area contributed by atoms with Gasteiger partial charge in [-0.25, -0.2) is 9.18 Å². The number of carbonyl (C=O) groups excluding carboxylic acids is 1. The number of non-ortho nitro benzene ring substituents is 1. The number of aliphatic carboxylic acids is 1. The van der Waals surface area contributed by atoms with Gasteiger partial charge in [-0.1, -0.05) is 13.8 Å². The van der Waals surface area contributed by atoms with Crippen LogP contribution < -0.4 is 5.32 Å². The van der Waals surface area contributed by atoms with Gasteiger partial charge in [-0.05, 0) is 18.4 Å². The molecule has 0 aromatic heterocycles. The van der Waals surface area contributed by atoms with Crippen LogP contribution in [0.1, 0.15) is 30.6 Å². The number of hydrogen-bond donors (Lipinski definition) is 2. The molecule has 1 aromatic carbocycles. The van der Waals surface area contributed by atoms with E-state index in [0.717, 1.165) is 18.2 Å². The van der Waals surface area contributed by atoms with Crippen LogP contribution in [0.5, 0.6) is 0 Å². The Bertz CT molecular complexity index is 574. The molecular weight excluding hydrogens is 283 g/mol. The highest BCUT2D eigenvalue weighted by atomic mass is 19.1. The second-order valence-corrected chi connectivity index (χ2v) is 4.92. The van der Waals surface area contributed by atoms with Crippen molar-refractivity contribution in [1.29, 1.82) is 0 Å². The molecule has 0 aliphatic rings. The normalized spacial score (nSPS) is 12.0. The minimum absolute atomic E-state index is 0.00126. The zero-order chi connectivity index (χ0) is 16.2. The number of benzene rings is 1. The number of nitro benzene ring substituents is 1. The number of rotatable bonds is 6. The van der Waals surface area contributed by atoms with E-state index in [0.29, 0.717) is 0 Å². The third-order valence-electron chi connectivity index (χ3n) is 2.72. The Morgan fingerprint density at radius 2 is 2.05 bits per heavy atom. The maximum Gasteiger partial charge on any atom is 0.326 e. The lowest BCUT2D eigenvalue weighted by molar-refractivity contribution is -0.384. The van der Waals surface area contributed by atoms with Crippen molar-refractivity contribution in [2.24, 2.45) is 5.92 Å². The van der Waals surface area contributed by atoms with E-state index in [4.69, 9.17) is 5.11 Å². The van der Waals surface area contributed by atoms with Crippen LogP contribution >= 0.6 is 0 Å². The second kappa shape index (κ2) is 6.78. The summed E-state index contributed by atoms with van der Waals surface area (Å²) in [6.07, 6.45) is 0.164. The van der Waals surface area contributed by atoms with Crippen molar-refractivity contribution in [3.8, 4) is 0 Å². The lowest BCUT2D eigenvalue weighted by atomic mass is 10.0. The van der Waals surface area contributed by atoms with Crippen LogP contribution in [0.15, 0.2) is 18.2 Å². The SMILES string of the molecule is CC(C)C[C@H](NC(=O)c1cc([N+](=O)[O-])ccc1F)C(=O)O. The molecule has 1 rings (SSSR count). The van der Waals surface area contributed by atoms with Gasteiger partial charge >= 0.3 is 5.97 Å². The lowest BCUT2D eigenvalue weighted by Crippen LogP contribution is -2.41. The van der Waals surface area contributed by atoms with Gasteiger partial charge in [-0.2, -0.15) is 0 Å². The molecule has 0 aliphatic heterocycles. The molecule has 1 atom stereocenters. The summed E-state index contributed by atoms with van der Waals surface area (Å²) in [4.78, 5) is 32.8. The molecule has 0 saturated carbocycles. The van der Waals surface area contributed by atoms with Gasteiger partial charge in [0.25, 0.3) is 11.6 Å². The first-order chi connectivity index (χ1) is 9.72. The molecule has 21 heavy (non-hydrogen) atoms. The number of carboxylic acids is 1. The molecule has 114 valence electrons. The third-order valence-corrected chi connectivity index (χ3v) is 2.72. The van der Waals surface area contributed by atoms with Crippen LogP contribution in [0.25, 0.3) is 0 Å². The molecule has 8 heteroatoms. The van der Waals surface area contributed by atoms with Crippen LogP contribution in [0.3, 0.4) is 0 Å². The minimum atomic E-state index is -1.25. The average Bonchev–Trinajstić information content (AvgIpc) is 2.37. The van der Waals surface area contributed by atoms with Gasteiger partial charge in [-0.3, -0.25) is 14.9 Å². The van der Waals surface area contributed by atoms with E-state index in [1.807, 2.05) is 0 Å². The lowest BCUT2D eigenvalue weighted by Gasteiger charge is -2.16. The molecule has 0 fully saturated rings. The molecule has 0 aliphatic carbocycles. The van der Waals surface area contributed by atoms with E-state index >= 15 is 0 Å². The second-order valence-electron chi connectivity index (χ2n) is 4.92. The molecule has 0 spiro atoms. The van der Waals surface area contributed by atoms with Crippen LogP contribution in [0.2, 0.25) is 0 Å². The molecule has 0 heterocycles. The third kappa shape index (κ3) is 4.51. The van der Waals surface area contributed by atoms with E-state index in [1.165, 1.54) is 0 Å². The fraction of sp³-hybridized carbons (Fsp3) is 0.385. The Morgan fingerprint density at radius 1 is 1.43 bits per heavy atom. The van der Waals surface area contributed by atoms with E-state index in [9.17, 15) is 24.1 Å². The Morgan fingerprint density at radius 3 is 2.52 bits per heavy atom. The molecule has 0 radical (unpaired) electrons. The number of carbonyl (C=O) groups is 2. The largest absolute Gasteiger partial charge is 0.480 e. The fourth-order valence-electron chi connectivity index (χ4n) is 1.73. The number of nitrogens with one attached hydrogen (secondary N) is 1. The minimum Gasteiger partial charge on any atom is -0.480 e. The molecule has 7 nitrogen and oxygen atoms in total. The van der Waals surface area contributed by atoms with Gasteiger partial charge in [0.15, 0.2) is 0 Å². The number of hydrogen-bond acceptors (Lipinski definition) is 4. The van der Waals surface area contributed by atoms with Crippen molar-refractivity contribution < 1.29 is 24.0 Å². The number of amides is 1. The van der Waals surface area contributed by atoms with Gasteiger partial charge < -0.3 is 10.4 Å². The number of halogens is 1. The van der Waals surface area contributed by atoms with Crippen molar-refractivity contribution in [2.45, 2.75) is 26.3 Å². The summed E-state index contributed by atoms with van der Waals surface area (Å²) in [5.74, 6) is -3.19. The first kappa shape index (κ1) is 16.5. The summed E-state index contributed by atoms with van der Waals surface area (Å²) in [6, 6.07) is 1.32. The van der Waals surface area contributed by atoms with Gasteiger partial charge in [0.1, 0.15) is 11.9 Å². The maximum absolute atomic E-state index is 13.6. The Labute approximate surface area is 119 Å². The highest BCUT2D eigenvalue weighted by Crippen LogP contribution is 2.17. The van der Waals surface area contributed by atoms with E-state index in [-0.39, 0.29) is 12.3 Å². The molecular formula is C13H15FN2O5. The van der Waals surface area contributed by atoms with Crippen molar-refractivity contribution in [3.63, 3.8) is 0 Å². The predicted octanol–water partition coefficient (Wildman–Crippen LogP) is 1.96. The van der Waals surface area contributed by atoms with Crippen molar-refractivity contribution in [2.75, 3.05) is 0 Å². The highest BCUT2D eigenvalue weighted by molar-refractivity contribution is 5.97. The van der Waals surface area contributed by atoms with Crippen LogP contribution in [0, 0.1) is 21.8 Å². The van der Waals surface area contributed by atoms with Gasteiger partial charge in [-0.15, -0.1) is 0 Å². The zero-order valence-corrected chi connectivity index (χ0v) is 11.5. The molecule has 2 N–H and O–H groups in total. The fourth-order valence-corrected chi connectivity index (χ4v) is 1.73. The summed E-state index contributed by atoms with van der Waals surface area (Å²) in [5.41, 5.74) is -1.00. The van der Waals surface area contributed by atoms with E-state index in [2.05, 4.69) is 5.32 Å². The predicted molar refractivity (Wildman–Crippen MR) is 71.4 cm³/mol. The summed E-state index contributed by atoms with van der Waals surface area (Å²) in [5, 5.41) is 21.8. The monoisotopic (exact) mass is 298 g/mol. The van der Waals surface area contributed by atoms with Crippen molar-refractivity contribution in [3.05, 3.63) is 39.7 Å². The molecule has 0 saturated heterocycles. The van der Waals surface area contributed by atoms with Gasteiger partial charge in [0.2, 0.25) is 0 Å². The zero-order valence-electron chi connectivity index (χ0n) is 11.5. The number of carboxylic acid groups (broad SMARTS) is 1. The maximum atomic E-state index is 13.6. The molecule has 0 unspecified atom stereocenters. The topological polar surface area (TPSA) is 110 Å². The van der Waals surface area contributed by atoms with Crippen molar-refractivity contribution in [1.82, 2.24) is 5.32 Å². The Kier molecular flexibility index (Phi) is 5.34. The number of nitro groups is 1. The highest BCUT2D eigenvalue weighted by Gasteiger charge is 2.24. The summed E-state index contributed by atoms with van der Waals surface area (Å²) in [7, 11) is 0. The quantitative estimate of drug-likeness (QED) is 0.616. The van der Waals surface area contributed by atoms with Crippen LogP contribution in [-0.4, -0.2) is 27.9 Å². The standard InChI is InChI=1S/C13H15FN2O5/c1-7(2)5-11(13(18)19)15-12(17)9-6-8(16(20)21)3-4-10(9)14/h3-4,6-7,11H,5H2,1-2H3,(H,15,17)(H,18,19)/t11-/m0/s1. The Hall–Kier alpha value is -2.51. The van der Waals surface area contributed by atoms with Gasteiger partial charge in [0.05, 0.1) is 10.5 Å². The summed E-state index contributed by atoms with van der Waals surface area (Å²) < 4.78 is 13.6. The van der Waals surface area contributed by atoms with Crippen molar-refractivity contribution >= 4 is 17.6 Å². The molecule has 0 bridgehead atoms. The van der Waals surface area contributed by atoms with Crippen LogP contribution in [0.4, 0.5) is 10.1 Å². The number of nitrogens with zero attached hydrogens (tertiary/aromatic N) is 1. The van der Waals surface area contributed by atoms with Crippen LogP contribution in [-0.2, 0) is 4.79 Å².